The molecule has 3 N–H and O–H groups in total. The number of ether oxygens (including phenoxy) is 1. The lowest BCUT2D eigenvalue weighted by Gasteiger charge is -2.22. The quantitative estimate of drug-likeness (QED) is 0.0417. The summed E-state index contributed by atoms with van der Waals surface area (Å²) in [6, 6.07) is -0.535. The molecule has 0 spiro atoms. The monoisotopic (exact) mass is 1000 g/mol. The fourth-order valence-electron chi connectivity index (χ4n) is 10.6. The van der Waals surface area contributed by atoms with Crippen LogP contribution in [0.2, 0.25) is 0 Å². The van der Waals surface area contributed by atoms with Crippen molar-refractivity contribution >= 4 is 11.9 Å². The zero-order chi connectivity index (χ0) is 51.4. The van der Waals surface area contributed by atoms with E-state index in [0.717, 1.165) is 38.5 Å². The number of unbranched alkanes of at least 4 members (excludes halogenated alkanes) is 51. The Bertz CT molecular complexity index is 1020. The van der Waals surface area contributed by atoms with Crippen molar-refractivity contribution in [1.82, 2.24) is 5.32 Å². The summed E-state index contributed by atoms with van der Waals surface area (Å²) in [5.41, 5.74) is 0. The van der Waals surface area contributed by atoms with Gasteiger partial charge < -0.3 is 20.3 Å². The molecule has 0 heterocycles. The predicted octanol–water partition coefficient (Wildman–Crippen LogP) is 20.6. The van der Waals surface area contributed by atoms with Crippen molar-refractivity contribution in [2.24, 2.45) is 0 Å². The molecule has 0 saturated heterocycles. The highest BCUT2D eigenvalue weighted by Gasteiger charge is 2.20. The van der Waals surface area contributed by atoms with Crippen molar-refractivity contribution < 1.29 is 24.5 Å². The van der Waals surface area contributed by atoms with Crippen molar-refractivity contribution in [3.05, 3.63) is 0 Å². The van der Waals surface area contributed by atoms with Gasteiger partial charge in [0.2, 0.25) is 5.91 Å². The molecule has 0 saturated carbocycles. The van der Waals surface area contributed by atoms with Crippen LogP contribution < -0.4 is 5.32 Å². The number of hydrogen-bond acceptors (Lipinski definition) is 5. The number of rotatable bonds is 62. The first-order valence-corrected chi connectivity index (χ1v) is 32.8. The Morgan fingerprint density at radius 3 is 0.859 bits per heavy atom. The Kier molecular flexibility index (Phi) is 60.4. The van der Waals surface area contributed by atoms with E-state index < -0.39 is 12.1 Å². The minimum absolute atomic E-state index is 0.0226. The highest BCUT2D eigenvalue weighted by atomic mass is 16.5. The lowest BCUT2D eigenvalue weighted by atomic mass is 10.0. The van der Waals surface area contributed by atoms with Crippen LogP contribution in [-0.4, -0.2) is 47.4 Å². The molecule has 0 radical (unpaired) electrons. The zero-order valence-corrected chi connectivity index (χ0v) is 48.5. The van der Waals surface area contributed by atoms with Crippen LogP contribution in [0, 0.1) is 0 Å². The normalized spacial score (nSPS) is 12.5. The number of aliphatic hydroxyl groups is 2. The third kappa shape index (κ3) is 58.0. The lowest BCUT2D eigenvalue weighted by Crippen LogP contribution is -2.45. The molecule has 0 aromatic heterocycles. The maximum atomic E-state index is 12.4. The van der Waals surface area contributed by atoms with Crippen LogP contribution in [0.3, 0.4) is 0 Å². The Balaban J connectivity index is 3.28. The Morgan fingerprint density at radius 1 is 0.338 bits per heavy atom. The van der Waals surface area contributed by atoms with E-state index in [-0.39, 0.29) is 18.5 Å². The molecular weight excluding hydrogens is 875 g/mol. The number of esters is 1. The van der Waals surface area contributed by atoms with Gasteiger partial charge in [0.25, 0.3) is 0 Å². The van der Waals surface area contributed by atoms with Crippen molar-refractivity contribution in [3.63, 3.8) is 0 Å². The molecule has 6 heteroatoms. The molecule has 0 aliphatic rings. The first-order valence-electron chi connectivity index (χ1n) is 32.8. The molecule has 71 heavy (non-hydrogen) atoms. The fraction of sp³-hybridized carbons (Fsp3) is 0.969. The molecule has 0 aliphatic carbocycles. The van der Waals surface area contributed by atoms with Crippen molar-refractivity contribution in [2.75, 3.05) is 13.2 Å². The van der Waals surface area contributed by atoms with Gasteiger partial charge in [-0.3, -0.25) is 9.59 Å². The van der Waals surface area contributed by atoms with Gasteiger partial charge in [-0.15, -0.1) is 0 Å². The second-order valence-electron chi connectivity index (χ2n) is 22.8. The molecule has 2 unspecified atom stereocenters. The standard InChI is InChI=1S/C65H129NO5/c1-3-5-7-9-11-13-15-39-43-47-51-55-59-65(70)71-60-56-52-48-44-40-37-35-33-31-29-27-25-23-21-19-17-16-18-20-22-24-26-28-30-32-34-36-38-42-46-50-54-58-64(69)66-62(61-67)63(68)57-53-49-45-41-14-12-10-8-6-4-2/h62-63,67-68H,3-61H2,1-2H3,(H,66,69). The largest absolute Gasteiger partial charge is 0.466 e. The van der Waals surface area contributed by atoms with Gasteiger partial charge in [-0.05, 0) is 25.7 Å². The molecule has 0 aromatic rings. The lowest BCUT2D eigenvalue weighted by molar-refractivity contribution is -0.143. The highest BCUT2D eigenvalue weighted by molar-refractivity contribution is 5.76. The predicted molar refractivity (Wildman–Crippen MR) is 310 cm³/mol. The summed E-state index contributed by atoms with van der Waals surface area (Å²) < 4.78 is 5.48. The Labute approximate surface area is 445 Å². The number of carbonyl (C=O) groups is 2. The van der Waals surface area contributed by atoms with Gasteiger partial charge in [0.05, 0.1) is 25.4 Å². The number of nitrogens with one attached hydrogen (secondary N) is 1. The van der Waals surface area contributed by atoms with E-state index in [0.29, 0.717) is 25.9 Å². The summed E-state index contributed by atoms with van der Waals surface area (Å²) in [5, 5.41) is 23.2. The molecule has 424 valence electrons. The number of amides is 1. The van der Waals surface area contributed by atoms with E-state index in [2.05, 4.69) is 19.2 Å². The van der Waals surface area contributed by atoms with Crippen LogP contribution in [0.15, 0.2) is 0 Å². The van der Waals surface area contributed by atoms with Crippen LogP contribution in [-0.2, 0) is 14.3 Å². The van der Waals surface area contributed by atoms with Gasteiger partial charge in [0.1, 0.15) is 0 Å². The summed E-state index contributed by atoms with van der Waals surface area (Å²) in [6.45, 7) is 4.97. The second-order valence-corrected chi connectivity index (χ2v) is 22.8. The second kappa shape index (κ2) is 61.4. The van der Waals surface area contributed by atoms with E-state index >= 15 is 0 Å². The van der Waals surface area contributed by atoms with Crippen LogP contribution in [0.4, 0.5) is 0 Å². The average Bonchev–Trinajstić information content (AvgIpc) is 3.37. The fourth-order valence-corrected chi connectivity index (χ4v) is 10.6. The van der Waals surface area contributed by atoms with Crippen molar-refractivity contribution in [1.29, 1.82) is 0 Å². The van der Waals surface area contributed by atoms with Gasteiger partial charge in [-0.25, -0.2) is 0 Å². The van der Waals surface area contributed by atoms with E-state index in [4.69, 9.17) is 4.74 Å². The minimum Gasteiger partial charge on any atom is -0.466 e. The van der Waals surface area contributed by atoms with E-state index in [1.54, 1.807) is 0 Å². The summed E-state index contributed by atoms with van der Waals surface area (Å²) in [5.74, 6) is -0.00721. The topological polar surface area (TPSA) is 95.9 Å². The maximum Gasteiger partial charge on any atom is 0.305 e. The highest BCUT2D eigenvalue weighted by Crippen LogP contribution is 2.19. The molecular formula is C65H129NO5. The molecule has 2 atom stereocenters. The number of carbonyl (C=O) groups excluding carboxylic acids is 2. The van der Waals surface area contributed by atoms with Gasteiger partial charge >= 0.3 is 5.97 Å². The van der Waals surface area contributed by atoms with Gasteiger partial charge in [-0.2, -0.15) is 0 Å². The van der Waals surface area contributed by atoms with Gasteiger partial charge in [-0.1, -0.05) is 341 Å². The van der Waals surface area contributed by atoms with Gasteiger partial charge in [0, 0.05) is 12.8 Å². The number of aliphatic hydroxyl groups excluding tert-OH is 2. The Morgan fingerprint density at radius 2 is 0.577 bits per heavy atom. The third-order valence-electron chi connectivity index (χ3n) is 15.7. The zero-order valence-electron chi connectivity index (χ0n) is 48.5. The molecule has 0 rings (SSSR count). The van der Waals surface area contributed by atoms with E-state index in [9.17, 15) is 19.8 Å². The summed E-state index contributed by atoms with van der Waals surface area (Å²) in [6.07, 6.45) is 73.0. The summed E-state index contributed by atoms with van der Waals surface area (Å²) >= 11 is 0. The summed E-state index contributed by atoms with van der Waals surface area (Å²) in [7, 11) is 0. The van der Waals surface area contributed by atoms with E-state index in [1.807, 2.05) is 0 Å². The molecule has 1 amide bonds. The van der Waals surface area contributed by atoms with Crippen LogP contribution in [0.25, 0.3) is 0 Å². The maximum absolute atomic E-state index is 12.4. The SMILES string of the molecule is CCCCCCCCCCCCCCC(=O)OCCCCCCCCCCCCCCCCCCCCCCCCCCCCCCCCCCC(=O)NC(CO)C(O)CCCCCCCCCCCC. The molecule has 0 fully saturated rings. The minimum atomic E-state index is -0.658. The van der Waals surface area contributed by atoms with Crippen molar-refractivity contribution in [3.8, 4) is 0 Å². The summed E-state index contributed by atoms with van der Waals surface area (Å²) in [4.78, 5) is 24.5. The van der Waals surface area contributed by atoms with Crippen molar-refractivity contribution in [2.45, 2.75) is 392 Å². The molecule has 0 bridgehead atoms. The average molecular weight is 1000 g/mol. The first-order chi connectivity index (χ1) is 35.0. The Hall–Kier alpha value is -1.14. The van der Waals surface area contributed by atoms with E-state index in [1.165, 1.54) is 308 Å². The van der Waals surface area contributed by atoms with Crippen LogP contribution >= 0.6 is 0 Å². The van der Waals surface area contributed by atoms with Crippen LogP contribution in [0.5, 0.6) is 0 Å². The molecule has 6 nitrogen and oxygen atoms in total. The van der Waals surface area contributed by atoms with Crippen LogP contribution in [0.1, 0.15) is 380 Å². The smallest absolute Gasteiger partial charge is 0.305 e. The molecule has 0 aliphatic heterocycles. The molecule has 0 aromatic carbocycles. The third-order valence-corrected chi connectivity index (χ3v) is 15.7. The number of hydrogen-bond donors (Lipinski definition) is 3. The van der Waals surface area contributed by atoms with Gasteiger partial charge in [0.15, 0.2) is 0 Å². The first kappa shape index (κ1) is 69.9.